The molecule has 40 heavy (non-hydrogen) atoms. The highest BCUT2D eigenvalue weighted by Gasteiger charge is 2.27. The first-order chi connectivity index (χ1) is 19.4. The molecule has 0 unspecified atom stereocenters. The number of fused-ring (bicyclic) bond motifs is 1. The molecule has 1 aliphatic rings. The van der Waals surface area contributed by atoms with Crippen LogP contribution in [0.25, 0.3) is 22.3 Å². The molecule has 0 saturated heterocycles. The van der Waals surface area contributed by atoms with Crippen LogP contribution in [0.4, 0.5) is 11.8 Å². The van der Waals surface area contributed by atoms with Gasteiger partial charge in [-0.05, 0) is 62.6 Å². The van der Waals surface area contributed by atoms with Crippen LogP contribution in [0.15, 0.2) is 60.9 Å². The van der Waals surface area contributed by atoms with E-state index in [1.54, 1.807) is 6.92 Å². The molecule has 2 aromatic heterocycles. The van der Waals surface area contributed by atoms with Crippen LogP contribution in [0.1, 0.15) is 71.4 Å². The molecule has 8 heteroatoms. The van der Waals surface area contributed by atoms with Crippen LogP contribution in [0.5, 0.6) is 0 Å². The van der Waals surface area contributed by atoms with Gasteiger partial charge in [-0.3, -0.25) is 4.79 Å². The molecule has 8 nitrogen and oxygen atoms in total. The van der Waals surface area contributed by atoms with Crippen LogP contribution in [-0.2, 0) is 11.3 Å². The van der Waals surface area contributed by atoms with Crippen molar-refractivity contribution in [2.75, 3.05) is 17.2 Å². The van der Waals surface area contributed by atoms with E-state index in [1.807, 2.05) is 17.3 Å². The maximum Gasteiger partial charge on any atom is 0.227 e. The largest absolute Gasteiger partial charge is 0.364 e. The fourth-order valence-corrected chi connectivity index (χ4v) is 5.67. The molecule has 1 amide bonds. The highest BCUT2D eigenvalue weighted by atomic mass is 16.2. The van der Waals surface area contributed by atoms with Gasteiger partial charge in [0.2, 0.25) is 11.9 Å². The number of benzene rings is 2. The fraction of sp³-hybridized carbons (Fsp3) is 0.438. The summed E-state index contributed by atoms with van der Waals surface area (Å²) in [6.45, 7) is 9.56. The highest BCUT2D eigenvalue weighted by Crippen LogP contribution is 2.28. The van der Waals surface area contributed by atoms with Crippen molar-refractivity contribution < 1.29 is 4.79 Å². The quantitative estimate of drug-likeness (QED) is 0.234. The zero-order chi connectivity index (χ0) is 28.1. The van der Waals surface area contributed by atoms with Crippen molar-refractivity contribution in [1.29, 1.82) is 0 Å². The van der Waals surface area contributed by atoms with E-state index in [2.05, 4.69) is 89.5 Å². The van der Waals surface area contributed by atoms with Gasteiger partial charge in [0.15, 0.2) is 17.0 Å². The van der Waals surface area contributed by atoms with E-state index >= 15 is 0 Å². The molecule has 5 rings (SSSR count). The molecular formula is C32H41N7O. The maximum atomic E-state index is 12.1. The van der Waals surface area contributed by atoms with Crippen LogP contribution in [0.2, 0.25) is 0 Å². The fourth-order valence-electron chi connectivity index (χ4n) is 5.67. The van der Waals surface area contributed by atoms with Crippen LogP contribution in [0, 0.1) is 0 Å². The van der Waals surface area contributed by atoms with E-state index in [-0.39, 0.29) is 18.0 Å². The Bertz CT molecular complexity index is 1410. The number of rotatable bonds is 10. The lowest BCUT2D eigenvalue weighted by Crippen LogP contribution is -2.43. The van der Waals surface area contributed by atoms with Gasteiger partial charge in [-0.1, -0.05) is 61.5 Å². The van der Waals surface area contributed by atoms with Gasteiger partial charge in [0, 0.05) is 38.1 Å². The van der Waals surface area contributed by atoms with Crippen molar-refractivity contribution >= 4 is 28.8 Å². The summed E-state index contributed by atoms with van der Waals surface area (Å²) in [5, 5.41) is 7.14. The first kappa shape index (κ1) is 27.6. The van der Waals surface area contributed by atoms with E-state index in [9.17, 15) is 4.79 Å². The van der Waals surface area contributed by atoms with E-state index in [0.29, 0.717) is 18.5 Å². The number of carbonyl (C=O) groups is 1. The van der Waals surface area contributed by atoms with Gasteiger partial charge in [-0.2, -0.15) is 9.97 Å². The second-order valence-corrected chi connectivity index (χ2v) is 11.1. The lowest BCUT2D eigenvalue weighted by molar-refractivity contribution is -0.131. The number of anilines is 2. The highest BCUT2D eigenvalue weighted by molar-refractivity contribution is 5.84. The minimum absolute atomic E-state index is 0.180. The first-order valence-electron chi connectivity index (χ1n) is 14.6. The van der Waals surface area contributed by atoms with Crippen molar-refractivity contribution in [1.82, 2.24) is 24.4 Å². The van der Waals surface area contributed by atoms with Gasteiger partial charge >= 0.3 is 0 Å². The van der Waals surface area contributed by atoms with Crippen LogP contribution >= 0.6 is 0 Å². The van der Waals surface area contributed by atoms with Gasteiger partial charge in [-0.15, -0.1) is 0 Å². The van der Waals surface area contributed by atoms with E-state index in [4.69, 9.17) is 9.97 Å². The summed E-state index contributed by atoms with van der Waals surface area (Å²) in [6.07, 6.45) is 6.80. The summed E-state index contributed by atoms with van der Waals surface area (Å²) in [7, 11) is 0. The number of carbonyl (C=O) groups excluding carboxylic acids is 1. The van der Waals surface area contributed by atoms with Gasteiger partial charge in [0.05, 0.1) is 6.33 Å². The molecule has 2 N–H and O–H groups in total. The molecule has 1 saturated carbocycles. The van der Waals surface area contributed by atoms with Crippen LogP contribution in [0.3, 0.4) is 0 Å². The average molecular weight is 540 g/mol. The SMILES string of the molecule is CCCN(C(C)=O)C1CCC(Nc2nc(NCc3ccc(-c4ccccc4)cc3)c3ncn(C(C)C)c3n2)CC1. The van der Waals surface area contributed by atoms with E-state index < -0.39 is 0 Å². The number of hydrogen-bond acceptors (Lipinski definition) is 6. The molecule has 210 valence electrons. The standard InChI is InChI=1S/C32H41N7O/c1-5-19-38(23(4)40)28-17-15-27(16-18-28)35-32-36-30(29-31(37-32)39(21-34-29)22(2)3)33-20-24-11-13-26(14-12-24)25-9-7-6-8-10-25/h6-14,21-22,27-28H,5,15-20H2,1-4H3,(H2,33,35,36,37). The van der Waals surface area contributed by atoms with Gasteiger partial charge in [0.1, 0.15) is 0 Å². The third-order valence-corrected chi connectivity index (χ3v) is 7.84. The number of imidazole rings is 1. The number of nitrogens with zero attached hydrogens (tertiary/aromatic N) is 5. The first-order valence-corrected chi connectivity index (χ1v) is 14.6. The Morgan fingerprint density at radius 1 is 1.00 bits per heavy atom. The number of aromatic nitrogens is 4. The summed E-state index contributed by atoms with van der Waals surface area (Å²) in [5.41, 5.74) is 5.19. The summed E-state index contributed by atoms with van der Waals surface area (Å²) in [6, 6.07) is 19.9. The molecule has 2 aromatic carbocycles. The summed E-state index contributed by atoms with van der Waals surface area (Å²) in [4.78, 5) is 28.6. The zero-order valence-corrected chi connectivity index (χ0v) is 24.1. The molecule has 1 aliphatic carbocycles. The van der Waals surface area contributed by atoms with E-state index in [1.165, 1.54) is 16.7 Å². The van der Waals surface area contributed by atoms with Crippen LogP contribution < -0.4 is 10.6 Å². The molecule has 0 atom stereocenters. The molecule has 4 aromatic rings. The number of amides is 1. The zero-order valence-electron chi connectivity index (χ0n) is 24.1. The lowest BCUT2D eigenvalue weighted by atomic mass is 9.90. The minimum atomic E-state index is 0.180. The maximum absolute atomic E-state index is 12.1. The van der Waals surface area contributed by atoms with Crippen molar-refractivity contribution in [3.63, 3.8) is 0 Å². The Kier molecular flexibility index (Phi) is 8.63. The van der Waals surface area contributed by atoms with Crippen molar-refractivity contribution in [3.05, 3.63) is 66.5 Å². The Balaban J connectivity index is 1.31. The van der Waals surface area contributed by atoms with Crippen molar-refractivity contribution in [2.24, 2.45) is 0 Å². The molecule has 0 bridgehead atoms. The van der Waals surface area contributed by atoms with Crippen LogP contribution in [-0.4, -0.2) is 49.0 Å². The van der Waals surface area contributed by atoms with Gasteiger partial charge in [-0.25, -0.2) is 4.98 Å². The summed E-state index contributed by atoms with van der Waals surface area (Å²) in [5.74, 6) is 1.54. The Hall–Kier alpha value is -3.94. The van der Waals surface area contributed by atoms with E-state index in [0.717, 1.165) is 55.6 Å². The molecular weight excluding hydrogens is 498 g/mol. The molecule has 1 fully saturated rings. The van der Waals surface area contributed by atoms with Crippen molar-refractivity contribution in [3.8, 4) is 11.1 Å². The Morgan fingerprint density at radius 2 is 1.70 bits per heavy atom. The number of hydrogen-bond donors (Lipinski definition) is 2. The molecule has 0 radical (unpaired) electrons. The summed E-state index contributed by atoms with van der Waals surface area (Å²) >= 11 is 0. The Morgan fingerprint density at radius 3 is 2.35 bits per heavy atom. The molecule has 0 spiro atoms. The average Bonchev–Trinajstić information content (AvgIpc) is 3.40. The third kappa shape index (κ3) is 6.27. The second kappa shape index (κ2) is 12.5. The predicted octanol–water partition coefficient (Wildman–Crippen LogP) is 6.67. The topological polar surface area (TPSA) is 88.0 Å². The number of nitrogens with one attached hydrogen (secondary N) is 2. The summed E-state index contributed by atoms with van der Waals surface area (Å²) < 4.78 is 2.09. The molecule has 0 aliphatic heterocycles. The monoisotopic (exact) mass is 539 g/mol. The van der Waals surface area contributed by atoms with Gasteiger partial charge < -0.3 is 20.1 Å². The predicted molar refractivity (Wildman–Crippen MR) is 162 cm³/mol. The van der Waals surface area contributed by atoms with Gasteiger partial charge in [0.25, 0.3) is 0 Å². The lowest BCUT2D eigenvalue weighted by Gasteiger charge is -2.36. The molecule has 2 heterocycles. The van der Waals surface area contributed by atoms with Crippen molar-refractivity contribution in [2.45, 2.75) is 84.5 Å². The Labute approximate surface area is 237 Å². The minimum Gasteiger partial charge on any atom is -0.364 e. The smallest absolute Gasteiger partial charge is 0.227 e. The second-order valence-electron chi connectivity index (χ2n) is 11.1. The third-order valence-electron chi connectivity index (χ3n) is 7.84. The normalized spacial score (nSPS) is 17.2.